The fourth-order valence-electron chi connectivity index (χ4n) is 0.615. The minimum absolute atomic E-state index is 0.123. The summed E-state index contributed by atoms with van der Waals surface area (Å²) in [5.74, 6) is 0.580. The average Bonchev–Trinajstić information content (AvgIpc) is 2.03. The van der Waals surface area contributed by atoms with Crippen molar-refractivity contribution in [2.45, 2.75) is 13.0 Å². The van der Waals surface area contributed by atoms with E-state index in [0.717, 1.165) is 0 Å². The van der Waals surface area contributed by atoms with Crippen LogP contribution < -0.4 is 0 Å². The third-order valence-electron chi connectivity index (χ3n) is 1.31. The molecule has 1 unspecified atom stereocenters. The van der Waals surface area contributed by atoms with Crippen LogP contribution in [0.5, 0.6) is 0 Å². The van der Waals surface area contributed by atoms with Gasteiger partial charge in [-0.2, -0.15) is 0 Å². The van der Waals surface area contributed by atoms with E-state index in [1.807, 2.05) is 6.92 Å². The highest BCUT2D eigenvalue weighted by Gasteiger charge is 2.06. The van der Waals surface area contributed by atoms with Gasteiger partial charge in [0.25, 0.3) is 0 Å². The van der Waals surface area contributed by atoms with Gasteiger partial charge in [0.15, 0.2) is 5.82 Å². The van der Waals surface area contributed by atoms with Crippen molar-refractivity contribution in [3.63, 3.8) is 0 Å². The normalized spacial score (nSPS) is 13.0. The lowest BCUT2D eigenvalue weighted by atomic mass is 10.4. The smallest absolute Gasteiger partial charge is 0.158 e. The highest BCUT2D eigenvalue weighted by molar-refractivity contribution is 6.29. The minimum Gasteiger partial charge on any atom is -0.374 e. The lowest BCUT2D eigenvalue weighted by Crippen LogP contribution is -2.01. The zero-order chi connectivity index (χ0) is 8.27. The molecule has 0 aliphatic carbocycles. The van der Waals surface area contributed by atoms with Crippen LogP contribution in [0, 0.1) is 6.07 Å². The first-order valence-electron chi connectivity index (χ1n) is 3.17. The molecule has 11 heavy (non-hydrogen) atoms. The third kappa shape index (κ3) is 2.13. The van der Waals surface area contributed by atoms with Crippen LogP contribution >= 0.6 is 11.6 Å². The number of nitrogens with zero attached hydrogens (tertiary/aromatic N) is 2. The molecule has 0 bridgehead atoms. The number of aromatic nitrogens is 2. The van der Waals surface area contributed by atoms with Crippen LogP contribution in [-0.4, -0.2) is 17.1 Å². The average molecular weight is 172 g/mol. The van der Waals surface area contributed by atoms with Gasteiger partial charge in [-0.15, -0.1) is 0 Å². The number of halogens is 1. The summed E-state index contributed by atoms with van der Waals surface area (Å²) in [5, 5.41) is 0.318. The Kier molecular flexibility index (Phi) is 2.79. The van der Waals surface area contributed by atoms with Gasteiger partial charge >= 0.3 is 0 Å². The second-order valence-electron chi connectivity index (χ2n) is 2.04. The van der Waals surface area contributed by atoms with E-state index in [2.05, 4.69) is 16.0 Å². The molecule has 59 valence electrons. The Bertz CT molecular complexity index is 242. The monoisotopic (exact) mass is 171 g/mol. The molecule has 0 aliphatic rings. The first-order valence-corrected chi connectivity index (χ1v) is 3.54. The van der Waals surface area contributed by atoms with Crippen LogP contribution in [-0.2, 0) is 4.74 Å². The number of ether oxygens (including phenoxy) is 1. The van der Waals surface area contributed by atoms with E-state index in [4.69, 9.17) is 16.3 Å². The van der Waals surface area contributed by atoms with Crippen molar-refractivity contribution in [2.24, 2.45) is 0 Å². The molecule has 3 nitrogen and oxygen atoms in total. The number of methoxy groups -OCH3 is 1. The van der Waals surface area contributed by atoms with E-state index in [1.165, 1.54) is 6.20 Å². The van der Waals surface area contributed by atoms with E-state index >= 15 is 0 Å². The summed E-state index contributed by atoms with van der Waals surface area (Å²) in [6, 6.07) is 2.64. The molecule has 0 fully saturated rings. The van der Waals surface area contributed by atoms with Crippen molar-refractivity contribution in [1.29, 1.82) is 0 Å². The van der Waals surface area contributed by atoms with Gasteiger partial charge in [-0.25, -0.2) is 9.97 Å². The molecule has 1 radical (unpaired) electrons. The molecule has 0 saturated heterocycles. The zero-order valence-electron chi connectivity index (χ0n) is 6.34. The van der Waals surface area contributed by atoms with Crippen LogP contribution in [0.1, 0.15) is 18.9 Å². The molecule has 1 aromatic rings. The fourth-order valence-corrected chi connectivity index (χ4v) is 0.750. The van der Waals surface area contributed by atoms with Crippen LogP contribution in [0.4, 0.5) is 0 Å². The zero-order valence-corrected chi connectivity index (χ0v) is 7.09. The summed E-state index contributed by atoms with van der Waals surface area (Å²) < 4.78 is 4.99. The molecule has 4 heteroatoms. The Hall–Kier alpha value is -0.670. The minimum atomic E-state index is -0.123. The summed E-state index contributed by atoms with van der Waals surface area (Å²) in [4.78, 5) is 7.85. The summed E-state index contributed by atoms with van der Waals surface area (Å²) in [6.45, 7) is 1.85. The van der Waals surface area contributed by atoms with Crippen LogP contribution in [0.15, 0.2) is 6.20 Å². The Morgan fingerprint density at radius 2 is 2.45 bits per heavy atom. The second-order valence-corrected chi connectivity index (χ2v) is 2.40. The van der Waals surface area contributed by atoms with Gasteiger partial charge < -0.3 is 4.74 Å². The molecule has 1 heterocycles. The second kappa shape index (κ2) is 3.64. The van der Waals surface area contributed by atoms with E-state index < -0.39 is 0 Å². The van der Waals surface area contributed by atoms with Gasteiger partial charge in [0.05, 0.1) is 0 Å². The summed E-state index contributed by atoms with van der Waals surface area (Å²) >= 11 is 5.58. The van der Waals surface area contributed by atoms with Gasteiger partial charge in [0.2, 0.25) is 0 Å². The van der Waals surface area contributed by atoms with E-state index in [1.54, 1.807) is 7.11 Å². The highest BCUT2D eigenvalue weighted by Crippen LogP contribution is 2.11. The van der Waals surface area contributed by atoms with E-state index in [9.17, 15) is 0 Å². The van der Waals surface area contributed by atoms with Crippen LogP contribution in [0.3, 0.4) is 0 Å². The standard InChI is InChI=1S/C7H8ClN2O/c1-5(11-2)7-9-4-3-6(8)10-7/h4-5H,1-2H3. The van der Waals surface area contributed by atoms with E-state index in [-0.39, 0.29) is 6.10 Å². The molecule has 1 rings (SSSR count). The van der Waals surface area contributed by atoms with Crippen molar-refractivity contribution in [2.75, 3.05) is 7.11 Å². The predicted octanol–water partition coefficient (Wildman–Crippen LogP) is 1.64. The summed E-state index contributed by atoms with van der Waals surface area (Å²) in [7, 11) is 1.60. The predicted molar refractivity (Wildman–Crippen MR) is 41.3 cm³/mol. The number of rotatable bonds is 2. The SMILES string of the molecule is COC(C)c1nc[c]c(Cl)n1. The van der Waals surface area contributed by atoms with E-state index in [0.29, 0.717) is 11.0 Å². The van der Waals surface area contributed by atoms with Gasteiger partial charge in [-0.3, -0.25) is 0 Å². The van der Waals surface area contributed by atoms with Crippen molar-refractivity contribution >= 4 is 11.6 Å². The molecule has 0 saturated carbocycles. The molecule has 0 aliphatic heterocycles. The quantitative estimate of drug-likeness (QED) is 0.635. The first-order chi connectivity index (χ1) is 5.24. The van der Waals surface area contributed by atoms with Crippen molar-refractivity contribution in [1.82, 2.24) is 9.97 Å². The topological polar surface area (TPSA) is 35.0 Å². The first kappa shape index (κ1) is 8.43. The van der Waals surface area contributed by atoms with Crippen LogP contribution in [0.2, 0.25) is 5.15 Å². The summed E-state index contributed by atoms with van der Waals surface area (Å²) in [6.07, 6.45) is 1.36. The molecule has 1 atom stereocenters. The van der Waals surface area contributed by atoms with Gasteiger partial charge in [-0.1, -0.05) is 11.6 Å². The van der Waals surface area contributed by atoms with Crippen LogP contribution in [0.25, 0.3) is 0 Å². The molecule has 0 N–H and O–H groups in total. The highest BCUT2D eigenvalue weighted by atomic mass is 35.5. The Labute approximate surface area is 70.4 Å². The van der Waals surface area contributed by atoms with Gasteiger partial charge in [-0.05, 0) is 6.92 Å². The lowest BCUT2D eigenvalue weighted by Gasteiger charge is -2.06. The lowest BCUT2D eigenvalue weighted by molar-refractivity contribution is 0.112. The molecular formula is C7H8ClN2O. The Balaban J connectivity index is 2.86. The maximum absolute atomic E-state index is 5.58. The molecular weight excluding hydrogens is 164 g/mol. The Morgan fingerprint density at radius 1 is 1.73 bits per heavy atom. The van der Waals surface area contributed by atoms with Crippen molar-refractivity contribution in [3.05, 3.63) is 23.2 Å². The van der Waals surface area contributed by atoms with Gasteiger partial charge in [0, 0.05) is 19.4 Å². The molecule has 0 amide bonds. The molecule has 0 spiro atoms. The summed E-state index contributed by atoms with van der Waals surface area (Å²) in [5.41, 5.74) is 0. The molecule has 1 aromatic heterocycles. The largest absolute Gasteiger partial charge is 0.374 e. The van der Waals surface area contributed by atoms with Gasteiger partial charge in [0.1, 0.15) is 11.3 Å². The van der Waals surface area contributed by atoms with Crippen molar-refractivity contribution < 1.29 is 4.74 Å². The molecule has 0 aromatic carbocycles. The maximum atomic E-state index is 5.58. The fraction of sp³-hybridized carbons (Fsp3) is 0.429. The van der Waals surface area contributed by atoms with Crippen molar-refractivity contribution in [3.8, 4) is 0 Å². The number of hydrogen-bond acceptors (Lipinski definition) is 3. The number of hydrogen-bond donors (Lipinski definition) is 0. The third-order valence-corrected chi connectivity index (χ3v) is 1.50. The maximum Gasteiger partial charge on any atom is 0.158 e. The Morgan fingerprint density at radius 3 is 3.00 bits per heavy atom.